The molecule has 0 spiro atoms. The average Bonchev–Trinajstić information content (AvgIpc) is 3.16. The second-order valence-corrected chi connectivity index (χ2v) is 6.11. The Bertz CT molecular complexity index is 680. The third kappa shape index (κ3) is 3.79. The van der Waals surface area contributed by atoms with Gasteiger partial charge < -0.3 is 9.73 Å². The van der Waals surface area contributed by atoms with Gasteiger partial charge in [0.25, 0.3) is 0 Å². The number of nitrogens with zero attached hydrogens (tertiary/aromatic N) is 2. The van der Waals surface area contributed by atoms with Crippen molar-refractivity contribution < 1.29 is 9.21 Å². The molecule has 1 aliphatic heterocycles. The molecular formula is C18H23N3O2. The summed E-state index contributed by atoms with van der Waals surface area (Å²) in [7, 11) is 0. The van der Waals surface area contributed by atoms with Crippen LogP contribution in [0.1, 0.15) is 48.6 Å². The molecule has 5 nitrogen and oxygen atoms in total. The predicted octanol–water partition coefficient (Wildman–Crippen LogP) is 2.96. The summed E-state index contributed by atoms with van der Waals surface area (Å²) in [6, 6.07) is 8.36. The van der Waals surface area contributed by atoms with Crippen molar-refractivity contribution in [2.24, 2.45) is 0 Å². The Morgan fingerprint density at radius 1 is 1.43 bits per heavy atom. The summed E-state index contributed by atoms with van der Waals surface area (Å²) in [5.41, 5.74) is 2.35. The van der Waals surface area contributed by atoms with Crippen LogP contribution in [0.3, 0.4) is 0 Å². The lowest BCUT2D eigenvalue weighted by atomic mass is 10.1. The number of hydrogen-bond acceptors (Lipinski definition) is 4. The topological polar surface area (TPSA) is 58.4 Å². The van der Waals surface area contributed by atoms with Crippen LogP contribution in [0, 0.1) is 6.92 Å². The molecule has 0 bridgehead atoms. The molecule has 3 rings (SSSR count). The number of hydrogen-bond donors (Lipinski definition) is 1. The number of pyridine rings is 1. The quantitative estimate of drug-likeness (QED) is 0.922. The van der Waals surface area contributed by atoms with E-state index in [0.717, 1.165) is 43.1 Å². The van der Waals surface area contributed by atoms with Crippen LogP contribution in [-0.2, 0) is 17.9 Å². The zero-order chi connectivity index (χ0) is 16.2. The highest BCUT2D eigenvalue weighted by Crippen LogP contribution is 2.34. The first-order chi connectivity index (χ1) is 11.1. The van der Waals surface area contributed by atoms with Crippen LogP contribution in [-0.4, -0.2) is 22.3 Å². The largest absolute Gasteiger partial charge is 0.463 e. The van der Waals surface area contributed by atoms with E-state index in [1.165, 1.54) is 12.5 Å². The average molecular weight is 313 g/mol. The Kier molecular flexibility index (Phi) is 4.76. The van der Waals surface area contributed by atoms with Crippen LogP contribution in [0.15, 0.2) is 34.9 Å². The van der Waals surface area contributed by atoms with Crippen molar-refractivity contribution in [2.75, 3.05) is 6.54 Å². The highest BCUT2D eigenvalue weighted by Gasteiger charge is 2.29. The molecule has 1 fully saturated rings. The number of amides is 1. The fourth-order valence-electron chi connectivity index (χ4n) is 3.09. The Morgan fingerprint density at radius 3 is 3.09 bits per heavy atom. The molecule has 23 heavy (non-hydrogen) atoms. The number of carbonyl (C=O) groups excluding carboxylic acids is 1. The number of likely N-dealkylation sites (tertiary alicyclic amines) is 1. The van der Waals surface area contributed by atoms with Crippen molar-refractivity contribution >= 4 is 5.91 Å². The molecule has 2 aromatic heterocycles. The van der Waals surface area contributed by atoms with Crippen LogP contribution in [0.4, 0.5) is 0 Å². The molecule has 1 aliphatic rings. The summed E-state index contributed by atoms with van der Waals surface area (Å²) in [5, 5.41) is 2.77. The maximum atomic E-state index is 11.0. The van der Waals surface area contributed by atoms with Gasteiger partial charge in [-0.25, -0.2) is 0 Å². The van der Waals surface area contributed by atoms with Gasteiger partial charge in [0.15, 0.2) is 0 Å². The molecule has 1 unspecified atom stereocenters. The van der Waals surface area contributed by atoms with Crippen LogP contribution in [0.5, 0.6) is 0 Å². The Balaban J connectivity index is 1.69. The van der Waals surface area contributed by atoms with Gasteiger partial charge in [0.1, 0.15) is 11.5 Å². The van der Waals surface area contributed by atoms with Crippen LogP contribution in [0.25, 0.3) is 0 Å². The van der Waals surface area contributed by atoms with E-state index >= 15 is 0 Å². The van der Waals surface area contributed by atoms with Gasteiger partial charge in [-0.3, -0.25) is 14.7 Å². The summed E-state index contributed by atoms with van der Waals surface area (Å²) in [4.78, 5) is 17.9. The first-order valence-corrected chi connectivity index (χ1v) is 8.11. The molecule has 0 radical (unpaired) electrons. The van der Waals surface area contributed by atoms with Crippen molar-refractivity contribution in [3.8, 4) is 0 Å². The minimum atomic E-state index is -0.0453. The first kappa shape index (κ1) is 15.7. The summed E-state index contributed by atoms with van der Waals surface area (Å²) in [5.74, 6) is 1.74. The minimum absolute atomic E-state index is 0.0453. The fraction of sp³-hybridized carbons (Fsp3) is 0.444. The SMILES string of the molecule is CC(=O)NCc1ccc(C2CCCN2Cc2ncccc2C)o1. The van der Waals surface area contributed by atoms with Crippen molar-refractivity contribution in [3.05, 3.63) is 53.2 Å². The minimum Gasteiger partial charge on any atom is -0.463 e. The molecule has 3 heterocycles. The van der Waals surface area contributed by atoms with E-state index < -0.39 is 0 Å². The summed E-state index contributed by atoms with van der Waals surface area (Å²) in [6.45, 7) is 5.96. The number of aromatic nitrogens is 1. The van der Waals surface area contributed by atoms with Gasteiger partial charge in [-0.1, -0.05) is 6.07 Å². The summed E-state index contributed by atoms with van der Waals surface area (Å²) < 4.78 is 5.94. The van der Waals surface area contributed by atoms with Crippen molar-refractivity contribution in [2.45, 2.75) is 45.8 Å². The molecule has 1 saturated heterocycles. The van der Waals surface area contributed by atoms with E-state index in [1.54, 1.807) is 0 Å². The van der Waals surface area contributed by atoms with Gasteiger partial charge in [0.2, 0.25) is 5.91 Å². The number of carbonyl (C=O) groups is 1. The molecule has 0 aromatic carbocycles. The zero-order valence-corrected chi connectivity index (χ0v) is 13.7. The fourth-order valence-corrected chi connectivity index (χ4v) is 3.09. The van der Waals surface area contributed by atoms with Gasteiger partial charge in [0, 0.05) is 19.7 Å². The summed E-state index contributed by atoms with van der Waals surface area (Å²) in [6.07, 6.45) is 4.11. The number of furan rings is 1. The van der Waals surface area contributed by atoms with Gasteiger partial charge in [-0.2, -0.15) is 0 Å². The Morgan fingerprint density at radius 2 is 2.30 bits per heavy atom. The van der Waals surface area contributed by atoms with Crippen LogP contribution >= 0.6 is 0 Å². The summed E-state index contributed by atoms with van der Waals surface area (Å²) >= 11 is 0. The van der Waals surface area contributed by atoms with E-state index in [0.29, 0.717) is 12.6 Å². The van der Waals surface area contributed by atoms with E-state index in [1.807, 2.05) is 24.4 Å². The number of rotatable bonds is 5. The predicted molar refractivity (Wildman–Crippen MR) is 87.6 cm³/mol. The smallest absolute Gasteiger partial charge is 0.217 e. The second kappa shape index (κ2) is 6.96. The van der Waals surface area contributed by atoms with Gasteiger partial charge in [0.05, 0.1) is 18.3 Å². The van der Waals surface area contributed by atoms with Crippen LogP contribution < -0.4 is 5.32 Å². The maximum absolute atomic E-state index is 11.0. The molecule has 122 valence electrons. The highest BCUT2D eigenvalue weighted by molar-refractivity contribution is 5.72. The molecule has 1 N–H and O–H groups in total. The van der Waals surface area contributed by atoms with Gasteiger partial charge in [-0.15, -0.1) is 0 Å². The van der Waals surface area contributed by atoms with E-state index in [-0.39, 0.29) is 5.91 Å². The lowest BCUT2D eigenvalue weighted by Crippen LogP contribution is -2.23. The van der Waals surface area contributed by atoms with E-state index in [2.05, 4.69) is 28.2 Å². The second-order valence-electron chi connectivity index (χ2n) is 6.11. The van der Waals surface area contributed by atoms with Gasteiger partial charge >= 0.3 is 0 Å². The molecule has 2 aromatic rings. The monoisotopic (exact) mass is 313 g/mol. The lowest BCUT2D eigenvalue weighted by molar-refractivity contribution is -0.119. The standard InChI is InChI=1S/C18H23N3O2/c1-13-5-3-9-19-16(13)12-21-10-4-6-17(21)18-8-7-15(23-18)11-20-14(2)22/h3,5,7-9,17H,4,6,10-12H2,1-2H3,(H,20,22). The van der Waals surface area contributed by atoms with E-state index in [4.69, 9.17) is 4.42 Å². The lowest BCUT2D eigenvalue weighted by Gasteiger charge is -2.23. The van der Waals surface area contributed by atoms with Crippen molar-refractivity contribution in [1.82, 2.24) is 15.2 Å². The molecule has 0 aliphatic carbocycles. The van der Waals surface area contributed by atoms with E-state index in [9.17, 15) is 4.79 Å². The molecule has 5 heteroatoms. The first-order valence-electron chi connectivity index (χ1n) is 8.11. The molecule has 1 atom stereocenters. The van der Waals surface area contributed by atoms with Crippen molar-refractivity contribution in [3.63, 3.8) is 0 Å². The third-order valence-corrected chi connectivity index (χ3v) is 4.36. The number of nitrogens with one attached hydrogen (secondary N) is 1. The Hall–Kier alpha value is -2.14. The Labute approximate surface area is 136 Å². The van der Waals surface area contributed by atoms with Crippen molar-refractivity contribution in [1.29, 1.82) is 0 Å². The molecule has 0 saturated carbocycles. The molecule has 1 amide bonds. The normalized spacial score (nSPS) is 18.3. The molecular weight excluding hydrogens is 290 g/mol. The number of aryl methyl sites for hydroxylation is 1. The highest BCUT2D eigenvalue weighted by atomic mass is 16.3. The van der Waals surface area contributed by atoms with Gasteiger partial charge in [-0.05, 0) is 50.1 Å². The third-order valence-electron chi connectivity index (χ3n) is 4.36. The van der Waals surface area contributed by atoms with Crippen LogP contribution in [0.2, 0.25) is 0 Å². The maximum Gasteiger partial charge on any atom is 0.217 e. The zero-order valence-electron chi connectivity index (χ0n) is 13.7.